The van der Waals surface area contributed by atoms with E-state index < -0.39 is 0 Å². The molecule has 1 rings (SSSR count). The number of rotatable bonds is 5. The normalized spacial score (nSPS) is 9.71. The lowest BCUT2D eigenvalue weighted by atomic mass is 10.2. The summed E-state index contributed by atoms with van der Waals surface area (Å²) in [7, 11) is 0. The highest BCUT2D eigenvalue weighted by Gasteiger charge is 2.14. The molecule has 0 aliphatic heterocycles. The van der Waals surface area contributed by atoms with E-state index in [4.69, 9.17) is 16.9 Å². The van der Waals surface area contributed by atoms with Gasteiger partial charge < -0.3 is 4.90 Å². The summed E-state index contributed by atoms with van der Waals surface area (Å²) in [5, 5.41) is 8.64. The Morgan fingerprint density at radius 1 is 1.59 bits per heavy atom. The predicted molar refractivity (Wildman–Crippen MR) is 65.9 cm³/mol. The lowest BCUT2D eigenvalue weighted by molar-refractivity contribution is 0.0759. The maximum absolute atomic E-state index is 12.0. The summed E-state index contributed by atoms with van der Waals surface area (Å²) in [5.74, 6) is 0.409. The zero-order valence-electron chi connectivity index (χ0n) is 9.69. The summed E-state index contributed by atoms with van der Waals surface area (Å²) >= 11 is 5.60. The van der Waals surface area contributed by atoms with Gasteiger partial charge in [0, 0.05) is 25.2 Å². The lowest BCUT2D eigenvalue weighted by Crippen LogP contribution is -2.32. The summed E-state index contributed by atoms with van der Waals surface area (Å²) in [6.45, 7) is 3.16. The van der Waals surface area contributed by atoms with Crippen molar-refractivity contribution in [3.05, 3.63) is 29.6 Å². The molecule has 0 aliphatic rings. The number of halogens is 1. The fourth-order valence-electron chi connectivity index (χ4n) is 1.40. The number of carbonyl (C=O) groups is 1. The molecule has 1 amide bonds. The molecule has 90 valence electrons. The molecule has 0 aromatic carbocycles. The second-order valence-electron chi connectivity index (χ2n) is 3.47. The van der Waals surface area contributed by atoms with Gasteiger partial charge in [0.05, 0.1) is 5.56 Å². The summed E-state index contributed by atoms with van der Waals surface area (Å²) in [6, 6.07) is 5.13. The Hall–Kier alpha value is -1.60. The first-order valence-corrected chi connectivity index (χ1v) is 5.97. The minimum atomic E-state index is -0.123. The Balaban J connectivity index is 2.76. The summed E-state index contributed by atoms with van der Waals surface area (Å²) in [4.78, 5) is 17.7. The molecule has 0 bridgehead atoms. The highest BCUT2D eigenvalue weighted by molar-refractivity contribution is 6.17. The average Bonchev–Trinajstić information content (AvgIpc) is 2.39. The van der Waals surface area contributed by atoms with Gasteiger partial charge >= 0.3 is 0 Å². The molecular weight excluding hydrogens is 238 g/mol. The van der Waals surface area contributed by atoms with Crippen LogP contribution in [0.15, 0.2) is 18.3 Å². The number of pyridine rings is 1. The van der Waals surface area contributed by atoms with Gasteiger partial charge in [-0.2, -0.15) is 5.26 Å². The van der Waals surface area contributed by atoms with Crippen molar-refractivity contribution in [1.29, 1.82) is 5.26 Å². The van der Waals surface area contributed by atoms with Crippen LogP contribution in [0.3, 0.4) is 0 Å². The quantitative estimate of drug-likeness (QED) is 0.753. The van der Waals surface area contributed by atoms with E-state index in [-0.39, 0.29) is 5.91 Å². The van der Waals surface area contributed by atoms with Crippen molar-refractivity contribution in [2.75, 3.05) is 19.0 Å². The zero-order valence-corrected chi connectivity index (χ0v) is 10.4. The van der Waals surface area contributed by atoms with Gasteiger partial charge in [0.2, 0.25) is 0 Å². The van der Waals surface area contributed by atoms with Crippen molar-refractivity contribution in [2.24, 2.45) is 0 Å². The van der Waals surface area contributed by atoms with Crippen LogP contribution in [-0.4, -0.2) is 34.8 Å². The molecule has 0 radical (unpaired) electrons. The van der Waals surface area contributed by atoms with E-state index in [1.165, 1.54) is 6.20 Å². The Morgan fingerprint density at radius 3 is 2.82 bits per heavy atom. The molecule has 1 aromatic heterocycles. The number of amides is 1. The van der Waals surface area contributed by atoms with E-state index in [1.54, 1.807) is 17.0 Å². The van der Waals surface area contributed by atoms with Crippen LogP contribution in [0.4, 0.5) is 0 Å². The number of aromatic nitrogens is 1. The molecule has 0 unspecified atom stereocenters. The van der Waals surface area contributed by atoms with E-state index in [1.807, 2.05) is 13.0 Å². The van der Waals surface area contributed by atoms with Crippen LogP contribution in [0.25, 0.3) is 0 Å². The molecule has 5 heteroatoms. The molecular formula is C12H14ClN3O. The third kappa shape index (κ3) is 3.72. The number of alkyl halides is 1. The molecule has 0 saturated carbocycles. The minimum Gasteiger partial charge on any atom is -0.338 e. The van der Waals surface area contributed by atoms with Crippen molar-refractivity contribution in [3.8, 4) is 6.07 Å². The van der Waals surface area contributed by atoms with Gasteiger partial charge in [0.15, 0.2) is 0 Å². The molecule has 0 aliphatic carbocycles. The van der Waals surface area contributed by atoms with Crippen LogP contribution in [0, 0.1) is 11.3 Å². The molecule has 0 saturated heterocycles. The van der Waals surface area contributed by atoms with Crippen LogP contribution in [-0.2, 0) is 0 Å². The highest BCUT2D eigenvalue weighted by Crippen LogP contribution is 2.04. The summed E-state index contributed by atoms with van der Waals surface area (Å²) in [6.07, 6.45) is 2.17. The first-order valence-electron chi connectivity index (χ1n) is 5.44. The molecule has 4 nitrogen and oxygen atoms in total. The highest BCUT2D eigenvalue weighted by atomic mass is 35.5. The SMILES string of the molecule is CCN(CCCCl)C(=O)c1ccc(C#N)cn1. The monoisotopic (exact) mass is 251 g/mol. The Kier molecular flexibility index (Phi) is 5.44. The summed E-state index contributed by atoms with van der Waals surface area (Å²) < 4.78 is 0. The van der Waals surface area contributed by atoms with E-state index in [9.17, 15) is 4.79 Å². The van der Waals surface area contributed by atoms with E-state index in [0.29, 0.717) is 30.2 Å². The van der Waals surface area contributed by atoms with Gasteiger partial charge in [-0.25, -0.2) is 4.98 Å². The zero-order chi connectivity index (χ0) is 12.7. The first kappa shape index (κ1) is 13.5. The second kappa shape index (κ2) is 6.87. The fraction of sp³-hybridized carbons (Fsp3) is 0.417. The van der Waals surface area contributed by atoms with Crippen LogP contribution >= 0.6 is 11.6 Å². The first-order chi connectivity index (χ1) is 8.22. The third-order valence-corrected chi connectivity index (χ3v) is 2.61. The molecule has 1 heterocycles. The standard InChI is InChI=1S/C12H14ClN3O/c1-2-16(7-3-6-13)12(17)11-5-4-10(8-14)9-15-11/h4-5,9H,2-3,6-7H2,1H3. The van der Waals surface area contributed by atoms with Crippen LogP contribution in [0.1, 0.15) is 29.4 Å². The van der Waals surface area contributed by atoms with Crippen LogP contribution in [0.2, 0.25) is 0 Å². The number of hydrogen-bond donors (Lipinski definition) is 0. The maximum Gasteiger partial charge on any atom is 0.272 e. The number of carbonyl (C=O) groups excluding carboxylic acids is 1. The van der Waals surface area contributed by atoms with Gasteiger partial charge in [-0.1, -0.05) is 0 Å². The van der Waals surface area contributed by atoms with Gasteiger partial charge in [0.25, 0.3) is 5.91 Å². The van der Waals surface area contributed by atoms with E-state index in [0.717, 1.165) is 6.42 Å². The Bertz CT molecular complexity index is 411. The van der Waals surface area contributed by atoms with Crippen molar-refractivity contribution in [3.63, 3.8) is 0 Å². The average molecular weight is 252 g/mol. The fourth-order valence-corrected chi connectivity index (χ4v) is 1.52. The molecule has 17 heavy (non-hydrogen) atoms. The van der Waals surface area contributed by atoms with Crippen molar-refractivity contribution in [1.82, 2.24) is 9.88 Å². The molecule has 1 aromatic rings. The number of nitrogens with zero attached hydrogens (tertiary/aromatic N) is 3. The molecule has 0 fully saturated rings. The molecule has 0 spiro atoms. The van der Waals surface area contributed by atoms with Gasteiger partial charge in [-0.3, -0.25) is 4.79 Å². The van der Waals surface area contributed by atoms with Gasteiger partial charge in [-0.15, -0.1) is 11.6 Å². The predicted octanol–water partition coefficient (Wildman–Crippen LogP) is 2.04. The maximum atomic E-state index is 12.0. The Labute approximate surface area is 106 Å². The van der Waals surface area contributed by atoms with Crippen molar-refractivity contribution >= 4 is 17.5 Å². The number of hydrogen-bond acceptors (Lipinski definition) is 3. The minimum absolute atomic E-state index is 0.123. The Morgan fingerprint density at radius 2 is 2.35 bits per heavy atom. The van der Waals surface area contributed by atoms with Crippen molar-refractivity contribution < 1.29 is 4.79 Å². The molecule has 0 N–H and O–H groups in total. The largest absolute Gasteiger partial charge is 0.338 e. The van der Waals surface area contributed by atoms with Gasteiger partial charge in [0.1, 0.15) is 11.8 Å². The smallest absolute Gasteiger partial charge is 0.272 e. The summed E-state index contributed by atoms with van der Waals surface area (Å²) in [5.41, 5.74) is 0.811. The van der Waals surface area contributed by atoms with Crippen molar-refractivity contribution in [2.45, 2.75) is 13.3 Å². The van der Waals surface area contributed by atoms with Gasteiger partial charge in [-0.05, 0) is 25.5 Å². The second-order valence-corrected chi connectivity index (χ2v) is 3.85. The number of nitriles is 1. The van der Waals surface area contributed by atoms with Crippen LogP contribution < -0.4 is 0 Å². The lowest BCUT2D eigenvalue weighted by Gasteiger charge is -2.19. The topological polar surface area (TPSA) is 57.0 Å². The van der Waals surface area contributed by atoms with Crippen LogP contribution in [0.5, 0.6) is 0 Å². The third-order valence-electron chi connectivity index (χ3n) is 2.34. The van der Waals surface area contributed by atoms with E-state index >= 15 is 0 Å². The molecule has 0 atom stereocenters. The van der Waals surface area contributed by atoms with E-state index in [2.05, 4.69) is 4.98 Å².